The summed E-state index contributed by atoms with van der Waals surface area (Å²) in [6.45, 7) is 1.31. The maximum atomic E-state index is 14.5. The lowest BCUT2D eigenvalue weighted by atomic mass is 10.0. The lowest BCUT2D eigenvalue weighted by molar-refractivity contribution is -0.117. The molecule has 5 nitrogen and oxygen atoms in total. The van der Waals surface area contributed by atoms with E-state index >= 15 is 0 Å². The number of benzene rings is 3. The van der Waals surface area contributed by atoms with E-state index in [4.69, 9.17) is 58.0 Å². The van der Waals surface area contributed by atoms with Gasteiger partial charge in [-0.25, -0.2) is 4.39 Å². The number of carbonyl (C=O) groups excluding carboxylic acids is 3. The van der Waals surface area contributed by atoms with Crippen molar-refractivity contribution in [3.05, 3.63) is 92.2 Å². The van der Waals surface area contributed by atoms with E-state index in [2.05, 4.69) is 10.6 Å². The summed E-state index contributed by atoms with van der Waals surface area (Å²) in [6, 6.07) is 13.3. The van der Waals surface area contributed by atoms with E-state index in [-0.39, 0.29) is 39.9 Å². The van der Waals surface area contributed by atoms with Gasteiger partial charge in [0.2, 0.25) is 11.8 Å². The normalized spacial score (nSPS) is 17.7. The number of nitrogens with one attached hydrogen (secondary N) is 2. The molecular weight excluding hydrogens is 585 g/mol. The third-order valence-corrected chi connectivity index (χ3v) is 7.55. The Morgan fingerprint density at radius 2 is 1.51 bits per heavy atom. The van der Waals surface area contributed by atoms with Crippen LogP contribution < -0.4 is 10.6 Å². The molecule has 0 saturated heterocycles. The molecule has 4 rings (SSSR count). The maximum absolute atomic E-state index is 14.5. The zero-order chi connectivity index (χ0) is 27.1. The number of alkyl halides is 2. The summed E-state index contributed by atoms with van der Waals surface area (Å²) < 4.78 is 13.1. The number of anilines is 2. The quantitative estimate of drug-likeness (QED) is 0.215. The Labute approximate surface area is 237 Å². The number of carbonyl (C=O) groups is 3. The molecule has 2 amide bonds. The summed E-state index contributed by atoms with van der Waals surface area (Å²) in [6.07, 6.45) is -0.282. The average molecular weight is 603 g/mol. The van der Waals surface area contributed by atoms with Crippen molar-refractivity contribution >= 4 is 87.0 Å². The fourth-order valence-electron chi connectivity index (χ4n) is 4.10. The Morgan fingerprint density at radius 3 is 2.14 bits per heavy atom. The van der Waals surface area contributed by atoms with E-state index in [1.54, 1.807) is 18.2 Å². The molecule has 1 fully saturated rings. The van der Waals surface area contributed by atoms with Crippen LogP contribution in [0.25, 0.3) is 0 Å². The standard InChI is InChI=1S/C26H18Cl5FN2O3/c1-12(35)33-18-3-2-13(21(32)11-18)8-22(36)19-10-17(4-5-20(19)29)34-25(37)24-23(26(24,30)31)14-6-15(27)9-16(28)7-14/h2-7,9-11,23-24H,8H2,1H3,(H,33,35)(H,34,37). The van der Waals surface area contributed by atoms with Crippen LogP contribution in [-0.4, -0.2) is 21.9 Å². The average Bonchev–Trinajstić information content (AvgIpc) is 3.38. The largest absolute Gasteiger partial charge is 0.326 e. The third kappa shape index (κ3) is 6.21. The van der Waals surface area contributed by atoms with Crippen LogP contribution in [0.2, 0.25) is 15.1 Å². The van der Waals surface area contributed by atoms with Crippen molar-refractivity contribution in [1.29, 1.82) is 0 Å². The highest BCUT2D eigenvalue weighted by molar-refractivity contribution is 6.53. The van der Waals surface area contributed by atoms with Crippen molar-refractivity contribution in [3.63, 3.8) is 0 Å². The number of halogens is 6. The lowest BCUT2D eigenvalue weighted by Gasteiger charge is -2.10. The van der Waals surface area contributed by atoms with Gasteiger partial charge >= 0.3 is 0 Å². The molecule has 0 aromatic heterocycles. The SMILES string of the molecule is CC(=O)Nc1ccc(CC(=O)c2cc(NC(=O)C3C(c4cc(Cl)cc(Cl)c4)C3(Cl)Cl)ccc2Cl)c(F)c1. The van der Waals surface area contributed by atoms with E-state index in [0.29, 0.717) is 15.6 Å². The minimum atomic E-state index is -1.37. The second-order valence-electron chi connectivity index (χ2n) is 8.60. The number of ketones is 1. The van der Waals surface area contributed by atoms with Crippen LogP contribution in [0, 0.1) is 11.7 Å². The molecule has 1 aliphatic carbocycles. The summed E-state index contributed by atoms with van der Waals surface area (Å²) in [5.41, 5.74) is 1.41. The van der Waals surface area contributed by atoms with Gasteiger partial charge in [0.25, 0.3) is 0 Å². The highest BCUT2D eigenvalue weighted by Gasteiger charge is 2.67. The van der Waals surface area contributed by atoms with E-state index in [1.165, 1.54) is 37.3 Å². The van der Waals surface area contributed by atoms with Crippen LogP contribution in [0.5, 0.6) is 0 Å². The molecule has 1 saturated carbocycles. The Balaban J connectivity index is 1.49. The van der Waals surface area contributed by atoms with Crippen molar-refractivity contribution in [2.24, 2.45) is 5.92 Å². The van der Waals surface area contributed by atoms with Crippen LogP contribution in [0.15, 0.2) is 54.6 Å². The van der Waals surface area contributed by atoms with Gasteiger partial charge in [-0.1, -0.05) is 40.9 Å². The number of rotatable bonds is 7. The molecule has 3 aromatic carbocycles. The third-order valence-electron chi connectivity index (χ3n) is 5.84. The van der Waals surface area contributed by atoms with Crippen molar-refractivity contribution < 1.29 is 18.8 Å². The summed E-state index contributed by atoms with van der Waals surface area (Å²) in [7, 11) is 0. The van der Waals surface area contributed by atoms with E-state index in [1.807, 2.05) is 0 Å². The molecule has 0 spiro atoms. The van der Waals surface area contributed by atoms with Gasteiger partial charge in [-0.3, -0.25) is 14.4 Å². The number of amides is 2. The fourth-order valence-corrected chi connectivity index (χ4v) is 5.69. The molecule has 11 heteroatoms. The maximum Gasteiger partial charge on any atom is 0.231 e. The van der Waals surface area contributed by atoms with Crippen molar-refractivity contribution in [3.8, 4) is 0 Å². The molecule has 37 heavy (non-hydrogen) atoms. The molecule has 1 aliphatic rings. The highest BCUT2D eigenvalue weighted by Crippen LogP contribution is 2.65. The number of hydrogen-bond donors (Lipinski definition) is 2. The molecule has 0 radical (unpaired) electrons. The first-order valence-corrected chi connectivity index (χ1v) is 12.8. The lowest BCUT2D eigenvalue weighted by Crippen LogP contribution is -2.17. The fraction of sp³-hybridized carbons (Fsp3) is 0.192. The molecule has 2 N–H and O–H groups in total. The van der Waals surface area contributed by atoms with Gasteiger partial charge in [0, 0.05) is 46.2 Å². The van der Waals surface area contributed by atoms with E-state index < -0.39 is 33.7 Å². The monoisotopic (exact) mass is 600 g/mol. The minimum Gasteiger partial charge on any atom is -0.326 e. The molecular formula is C26H18Cl5FN2O3. The second kappa shape index (κ2) is 10.8. The Morgan fingerprint density at radius 1 is 0.892 bits per heavy atom. The Hall–Kier alpha value is -2.35. The Kier molecular flexibility index (Phi) is 8.07. The Bertz CT molecular complexity index is 1410. The molecule has 2 atom stereocenters. The van der Waals surface area contributed by atoms with Crippen LogP contribution in [-0.2, 0) is 16.0 Å². The van der Waals surface area contributed by atoms with E-state index in [0.717, 1.165) is 6.07 Å². The van der Waals surface area contributed by atoms with Gasteiger partial charge in [-0.2, -0.15) is 0 Å². The summed E-state index contributed by atoms with van der Waals surface area (Å²) in [5, 5.41) is 6.10. The zero-order valence-corrected chi connectivity index (χ0v) is 22.8. The minimum absolute atomic E-state index is 0.0989. The van der Waals surface area contributed by atoms with Gasteiger partial charge < -0.3 is 10.6 Å². The zero-order valence-electron chi connectivity index (χ0n) is 19.1. The van der Waals surface area contributed by atoms with Crippen molar-refractivity contribution in [2.45, 2.75) is 23.6 Å². The molecule has 2 unspecified atom stereocenters. The van der Waals surface area contributed by atoms with Crippen molar-refractivity contribution in [1.82, 2.24) is 0 Å². The first-order chi connectivity index (χ1) is 17.4. The van der Waals surface area contributed by atoms with Crippen LogP contribution >= 0.6 is 58.0 Å². The van der Waals surface area contributed by atoms with Gasteiger partial charge in [0.1, 0.15) is 10.2 Å². The van der Waals surface area contributed by atoms with Gasteiger partial charge in [0.05, 0.1) is 10.9 Å². The van der Waals surface area contributed by atoms with Crippen LogP contribution in [0.3, 0.4) is 0 Å². The smallest absolute Gasteiger partial charge is 0.231 e. The van der Waals surface area contributed by atoms with Gasteiger partial charge in [-0.05, 0) is 59.7 Å². The molecule has 192 valence electrons. The van der Waals surface area contributed by atoms with E-state index in [9.17, 15) is 18.8 Å². The first kappa shape index (κ1) is 27.7. The molecule has 0 bridgehead atoms. The summed E-state index contributed by atoms with van der Waals surface area (Å²) in [4.78, 5) is 37.1. The van der Waals surface area contributed by atoms with Crippen LogP contribution in [0.4, 0.5) is 15.8 Å². The van der Waals surface area contributed by atoms with Crippen LogP contribution in [0.1, 0.15) is 34.3 Å². The predicted octanol–water partition coefficient (Wildman–Crippen LogP) is 7.70. The van der Waals surface area contributed by atoms with Gasteiger partial charge in [0.15, 0.2) is 5.78 Å². The van der Waals surface area contributed by atoms with Crippen molar-refractivity contribution in [2.75, 3.05) is 10.6 Å². The molecule has 0 heterocycles. The first-order valence-electron chi connectivity index (χ1n) is 10.9. The number of hydrogen-bond acceptors (Lipinski definition) is 3. The topological polar surface area (TPSA) is 75.3 Å². The summed E-state index contributed by atoms with van der Waals surface area (Å²) in [5.74, 6) is -3.26. The predicted molar refractivity (Wildman–Crippen MR) is 146 cm³/mol. The molecule has 0 aliphatic heterocycles. The number of Topliss-reactive ketones (excluding diaryl/α,β-unsaturated/α-hetero) is 1. The second-order valence-corrected chi connectivity index (χ2v) is 11.3. The highest BCUT2D eigenvalue weighted by atomic mass is 35.5. The molecule has 3 aromatic rings. The van der Waals surface area contributed by atoms with Gasteiger partial charge in [-0.15, -0.1) is 23.2 Å². The summed E-state index contributed by atoms with van der Waals surface area (Å²) >= 11 is 31.2.